The Morgan fingerprint density at radius 3 is 2.57 bits per heavy atom. The molecule has 3 fully saturated rings. The highest BCUT2D eigenvalue weighted by Gasteiger charge is 2.58. The monoisotopic (exact) mass is 400 g/mol. The van der Waals surface area contributed by atoms with E-state index in [-0.39, 0.29) is 6.10 Å². The molecule has 30 heavy (non-hydrogen) atoms. The third-order valence-electron chi connectivity index (χ3n) is 10.3. The summed E-state index contributed by atoms with van der Waals surface area (Å²) in [5.41, 5.74) is 3.89. The van der Waals surface area contributed by atoms with Crippen molar-refractivity contribution in [1.82, 2.24) is 0 Å². The number of rotatable bonds is 1. The average molecular weight is 401 g/mol. The van der Waals surface area contributed by atoms with Gasteiger partial charge in [-0.1, -0.05) is 56.3 Å². The Balaban J connectivity index is 1.32. The van der Waals surface area contributed by atoms with Crippen LogP contribution in [0.15, 0.2) is 48.5 Å². The molecular formula is C29H36O. The largest absolute Gasteiger partial charge is 0.393 e. The van der Waals surface area contributed by atoms with Crippen molar-refractivity contribution < 1.29 is 5.11 Å². The van der Waals surface area contributed by atoms with E-state index in [0.29, 0.717) is 10.8 Å². The van der Waals surface area contributed by atoms with Gasteiger partial charge in [-0.2, -0.15) is 0 Å². The van der Waals surface area contributed by atoms with Crippen LogP contribution < -0.4 is 0 Å². The lowest BCUT2D eigenvalue weighted by molar-refractivity contribution is -0.115. The van der Waals surface area contributed by atoms with E-state index in [0.717, 1.165) is 36.5 Å². The van der Waals surface area contributed by atoms with Gasteiger partial charge in [-0.15, -0.1) is 0 Å². The maximum Gasteiger partial charge on any atom is 0.0543 e. The number of aliphatic hydroxyl groups excluding tert-OH is 1. The predicted molar refractivity (Wildman–Crippen MR) is 125 cm³/mol. The van der Waals surface area contributed by atoms with Crippen LogP contribution in [0, 0.1) is 34.5 Å². The van der Waals surface area contributed by atoms with Gasteiger partial charge in [-0.05, 0) is 114 Å². The summed E-state index contributed by atoms with van der Waals surface area (Å²) in [7, 11) is 0. The van der Waals surface area contributed by atoms with Crippen molar-refractivity contribution in [2.45, 2.75) is 71.3 Å². The van der Waals surface area contributed by atoms with E-state index in [1.807, 2.05) is 0 Å². The summed E-state index contributed by atoms with van der Waals surface area (Å²) in [4.78, 5) is 0. The van der Waals surface area contributed by atoms with Crippen molar-refractivity contribution in [3.63, 3.8) is 0 Å². The Kier molecular flexibility index (Phi) is 4.27. The van der Waals surface area contributed by atoms with Crippen LogP contribution in [0.5, 0.6) is 0 Å². The molecule has 0 radical (unpaired) electrons. The van der Waals surface area contributed by atoms with E-state index in [4.69, 9.17) is 0 Å². The van der Waals surface area contributed by atoms with Crippen molar-refractivity contribution in [2.75, 3.05) is 0 Å². The van der Waals surface area contributed by atoms with Gasteiger partial charge in [0.1, 0.15) is 0 Å². The Morgan fingerprint density at radius 2 is 1.70 bits per heavy atom. The molecule has 7 atom stereocenters. The molecule has 0 aliphatic heterocycles. The zero-order valence-electron chi connectivity index (χ0n) is 18.6. The minimum absolute atomic E-state index is 0.0406. The number of hydrogen-bond donors (Lipinski definition) is 1. The summed E-state index contributed by atoms with van der Waals surface area (Å²) in [6, 6.07) is 15.9. The van der Waals surface area contributed by atoms with Crippen molar-refractivity contribution >= 4 is 16.3 Å². The van der Waals surface area contributed by atoms with E-state index in [1.165, 1.54) is 54.9 Å². The first-order chi connectivity index (χ1) is 14.5. The Labute approximate surface area is 181 Å². The summed E-state index contributed by atoms with van der Waals surface area (Å²) < 4.78 is 0. The lowest BCUT2D eigenvalue weighted by atomic mass is 9.44. The van der Waals surface area contributed by atoms with Gasteiger partial charge in [-0.3, -0.25) is 0 Å². The molecule has 0 amide bonds. The molecule has 2 aromatic rings. The number of allylic oxidation sites excluding steroid dienone is 2. The molecular weight excluding hydrogens is 364 g/mol. The van der Waals surface area contributed by atoms with Gasteiger partial charge in [0.05, 0.1) is 6.10 Å². The molecule has 4 aliphatic rings. The second kappa shape index (κ2) is 6.70. The Morgan fingerprint density at radius 1 is 0.867 bits per heavy atom. The lowest BCUT2D eigenvalue weighted by Gasteiger charge is -2.60. The zero-order valence-corrected chi connectivity index (χ0v) is 18.6. The fraction of sp³-hybridized carbons (Fsp3) is 0.586. The fourth-order valence-corrected chi connectivity index (χ4v) is 8.61. The molecule has 6 rings (SSSR count). The van der Waals surface area contributed by atoms with Crippen LogP contribution in [0.25, 0.3) is 16.3 Å². The van der Waals surface area contributed by atoms with Gasteiger partial charge in [0, 0.05) is 0 Å². The van der Waals surface area contributed by atoms with Gasteiger partial charge in [-0.25, -0.2) is 0 Å². The molecule has 158 valence electrons. The van der Waals surface area contributed by atoms with E-state index < -0.39 is 0 Å². The second-order valence-electron chi connectivity index (χ2n) is 11.5. The molecule has 1 heteroatoms. The maximum absolute atomic E-state index is 10.3. The third kappa shape index (κ3) is 2.63. The molecule has 0 heterocycles. The zero-order chi connectivity index (χ0) is 20.5. The first-order valence-corrected chi connectivity index (χ1v) is 12.4. The summed E-state index contributed by atoms with van der Waals surface area (Å²) in [6.07, 6.45) is 12.6. The minimum atomic E-state index is -0.0406. The van der Waals surface area contributed by atoms with Crippen LogP contribution in [0.3, 0.4) is 0 Å². The van der Waals surface area contributed by atoms with Gasteiger partial charge in [0.2, 0.25) is 0 Å². The molecule has 1 nitrogen and oxygen atoms in total. The lowest BCUT2D eigenvalue weighted by Crippen LogP contribution is -2.53. The maximum atomic E-state index is 10.3. The average Bonchev–Trinajstić information content (AvgIpc) is 3.11. The molecule has 0 bridgehead atoms. The highest BCUT2D eigenvalue weighted by atomic mass is 16.3. The predicted octanol–water partition coefficient (Wildman–Crippen LogP) is 7.24. The Bertz CT molecular complexity index is 1000. The van der Waals surface area contributed by atoms with E-state index >= 15 is 0 Å². The van der Waals surface area contributed by atoms with Crippen LogP contribution in [0.2, 0.25) is 0 Å². The Hall–Kier alpha value is -1.60. The highest BCUT2D eigenvalue weighted by Crippen LogP contribution is 2.67. The van der Waals surface area contributed by atoms with Crippen LogP contribution in [-0.2, 0) is 0 Å². The first kappa shape index (κ1) is 19.1. The third-order valence-corrected chi connectivity index (χ3v) is 10.3. The quantitative estimate of drug-likeness (QED) is 0.535. The van der Waals surface area contributed by atoms with Crippen molar-refractivity contribution in [1.29, 1.82) is 0 Å². The van der Waals surface area contributed by atoms with Crippen LogP contribution in [-0.4, -0.2) is 11.2 Å². The van der Waals surface area contributed by atoms with E-state index in [1.54, 1.807) is 5.57 Å². The van der Waals surface area contributed by atoms with E-state index in [2.05, 4.69) is 62.4 Å². The van der Waals surface area contributed by atoms with E-state index in [9.17, 15) is 5.11 Å². The summed E-state index contributed by atoms with van der Waals surface area (Å²) in [6.45, 7) is 5.18. The molecule has 0 spiro atoms. The van der Waals surface area contributed by atoms with Gasteiger partial charge >= 0.3 is 0 Å². The van der Waals surface area contributed by atoms with Gasteiger partial charge in [0.25, 0.3) is 0 Å². The summed E-state index contributed by atoms with van der Waals surface area (Å²) in [5, 5.41) is 13.0. The molecule has 0 unspecified atom stereocenters. The number of benzene rings is 2. The van der Waals surface area contributed by atoms with Crippen molar-refractivity contribution in [3.8, 4) is 0 Å². The normalized spacial score (nSPS) is 42.9. The standard InChI is InChI=1S/C29H36O/c1-28-15-13-23(30)18-22(28)9-10-24-26-12-11-25(29(26,2)16-14-27(24)28)21-8-7-19-5-3-4-6-20(19)17-21/h3-8,11,17,22-24,26-27,30H,9-10,12-16,18H2,1-2H3/t22-,23-,24-,26-,27-,28-,29+/m0/s1. The van der Waals surface area contributed by atoms with Crippen LogP contribution in [0.1, 0.15) is 70.8 Å². The first-order valence-electron chi connectivity index (χ1n) is 12.4. The summed E-state index contributed by atoms with van der Waals surface area (Å²) >= 11 is 0. The van der Waals surface area contributed by atoms with Crippen LogP contribution in [0.4, 0.5) is 0 Å². The smallest absolute Gasteiger partial charge is 0.0543 e. The SMILES string of the molecule is C[C@]12CC[C@H](O)C[C@@H]1CC[C@@H]1[C@@H]2CC[C@]2(C)C(c3ccc4ccccc4c3)=CC[C@@H]12. The van der Waals surface area contributed by atoms with Gasteiger partial charge in [0.15, 0.2) is 0 Å². The van der Waals surface area contributed by atoms with Gasteiger partial charge < -0.3 is 5.11 Å². The minimum Gasteiger partial charge on any atom is -0.393 e. The molecule has 0 aromatic heterocycles. The van der Waals surface area contributed by atoms with Crippen molar-refractivity contribution in [3.05, 3.63) is 54.1 Å². The summed E-state index contributed by atoms with van der Waals surface area (Å²) in [5.74, 6) is 3.30. The fourth-order valence-electron chi connectivity index (χ4n) is 8.61. The molecule has 0 saturated heterocycles. The number of fused-ring (bicyclic) bond motifs is 6. The molecule has 1 N–H and O–H groups in total. The highest BCUT2D eigenvalue weighted by molar-refractivity contribution is 5.87. The molecule has 4 aliphatic carbocycles. The van der Waals surface area contributed by atoms with Crippen molar-refractivity contribution in [2.24, 2.45) is 34.5 Å². The van der Waals surface area contributed by atoms with Crippen LogP contribution >= 0.6 is 0 Å². The number of hydrogen-bond acceptors (Lipinski definition) is 1. The molecule has 3 saturated carbocycles. The molecule has 2 aromatic carbocycles. The second-order valence-corrected chi connectivity index (χ2v) is 11.5. The topological polar surface area (TPSA) is 20.2 Å². The number of aliphatic hydroxyl groups is 1.